The number of hydrogen-bond acceptors (Lipinski definition) is 7. The molecule has 0 aliphatic carbocycles. The van der Waals surface area contributed by atoms with Gasteiger partial charge in [-0.15, -0.1) is 0 Å². The van der Waals surface area contributed by atoms with E-state index < -0.39 is 17.7 Å². The van der Waals surface area contributed by atoms with E-state index in [1.165, 1.54) is 18.3 Å². The molecule has 0 saturated carbocycles. The lowest BCUT2D eigenvalue weighted by molar-refractivity contribution is -0.173. The molecule has 4 rings (SSSR count). The van der Waals surface area contributed by atoms with Gasteiger partial charge in [0.1, 0.15) is 5.69 Å². The van der Waals surface area contributed by atoms with E-state index in [1.54, 1.807) is 17.9 Å². The zero-order valence-electron chi connectivity index (χ0n) is 17.7. The first-order chi connectivity index (χ1) is 15.3. The van der Waals surface area contributed by atoms with Gasteiger partial charge in [-0.2, -0.15) is 9.49 Å². The van der Waals surface area contributed by atoms with Crippen LogP contribution < -0.4 is 4.90 Å². The first-order valence-electron chi connectivity index (χ1n) is 10.2. The van der Waals surface area contributed by atoms with E-state index in [2.05, 4.69) is 20.1 Å². The van der Waals surface area contributed by atoms with Gasteiger partial charge in [-0.3, -0.25) is 14.7 Å². The summed E-state index contributed by atoms with van der Waals surface area (Å²) in [6.07, 6.45) is 5.04. The maximum absolute atomic E-state index is 14.4. The summed E-state index contributed by atoms with van der Waals surface area (Å²) in [5.74, 6) is -1.55. The molecule has 11 heteroatoms. The van der Waals surface area contributed by atoms with Gasteiger partial charge >= 0.3 is 0 Å². The minimum atomic E-state index is -0.623. The molecule has 0 radical (unpaired) electrons. The summed E-state index contributed by atoms with van der Waals surface area (Å²) in [5.41, 5.74) is 2.10. The first kappa shape index (κ1) is 21.8. The maximum atomic E-state index is 14.4. The molecule has 168 valence electrons. The predicted octanol–water partition coefficient (Wildman–Crippen LogP) is 2.49. The summed E-state index contributed by atoms with van der Waals surface area (Å²) in [6, 6.07) is 2.64. The molecular formula is C21H23F2N7O2. The fourth-order valence-electron chi connectivity index (χ4n) is 3.85. The number of aromatic nitrogens is 5. The summed E-state index contributed by atoms with van der Waals surface area (Å²) >= 11 is 0. The quantitative estimate of drug-likeness (QED) is 0.367. The van der Waals surface area contributed by atoms with Crippen LogP contribution in [0.3, 0.4) is 0 Å². The number of aryl methyl sites for hydroxylation is 2. The van der Waals surface area contributed by atoms with Crippen molar-refractivity contribution in [1.82, 2.24) is 29.8 Å². The monoisotopic (exact) mass is 443 g/mol. The second kappa shape index (κ2) is 8.95. The number of pyridine rings is 1. The Labute approximate surface area is 183 Å². The average molecular weight is 443 g/mol. The molecule has 0 bridgehead atoms. The van der Waals surface area contributed by atoms with E-state index >= 15 is 0 Å². The van der Waals surface area contributed by atoms with E-state index in [0.29, 0.717) is 48.2 Å². The number of carbonyl (C=O) groups is 1. The Kier molecular flexibility index (Phi) is 6.08. The highest BCUT2D eigenvalue weighted by Gasteiger charge is 2.30. The normalized spacial score (nSPS) is 14.6. The number of piperidine rings is 1. The van der Waals surface area contributed by atoms with Crippen molar-refractivity contribution in [3.05, 3.63) is 53.6 Å². The van der Waals surface area contributed by atoms with Crippen molar-refractivity contribution >= 4 is 11.9 Å². The van der Waals surface area contributed by atoms with Gasteiger partial charge in [0.25, 0.3) is 0 Å². The molecular weight excluding hydrogens is 420 g/mol. The van der Waals surface area contributed by atoms with Gasteiger partial charge in [0.05, 0.1) is 24.6 Å². The first-order valence-corrected chi connectivity index (χ1v) is 10.2. The summed E-state index contributed by atoms with van der Waals surface area (Å²) in [6.45, 7) is 2.74. The largest absolute Gasteiger partial charge is 0.341 e. The van der Waals surface area contributed by atoms with Gasteiger partial charge in [-0.05, 0) is 37.0 Å². The average Bonchev–Trinajstić information content (AvgIpc) is 3.13. The molecule has 0 aromatic carbocycles. The zero-order valence-corrected chi connectivity index (χ0v) is 17.7. The van der Waals surface area contributed by atoms with Crippen LogP contribution in [-0.2, 0) is 18.4 Å². The van der Waals surface area contributed by atoms with E-state index in [0.717, 1.165) is 11.8 Å². The standard InChI is InChI=1S/C21H23F2N7O2/c1-13-9-26-28(2)19(13)18-16(22)11-25-21(27-18)29-7-5-15(6-8-29)20(31)30(32)12-14-3-4-17(23)24-10-14/h3-4,9-11,15,32H,5-8,12H2,1-2H3. The highest BCUT2D eigenvalue weighted by atomic mass is 19.1. The van der Waals surface area contributed by atoms with Crippen LogP contribution in [0.1, 0.15) is 24.0 Å². The molecule has 32 heavy (non-hydrogen) atoms. The fourth-order valence-corrected chi connectivity index (χ4v) is 3.85. The van der Waals surface area contributed by atoms with E-state index in [9.17, 15) is 18.8 Å². The summed E-state index contributed by atoms with van der Waals surface area (Å²) in [7, 11) is 1.73. The number of hydroxylamine groups is 2. The molecule has 1 fully saturated rings. The van der Waals surface area contributed by atoms with Crippen LogP contribution in [0.5, 0.6) is 0 Å². The predicted molar refractivity (Wildman–Crippen MR) is 110 cm³/mol. The molecule has 0 spiro atoms. The number of anilines is 1. The third kappa shape index (κ3) is 4.42. The van der Waals surface area contributed by atoms with Crippen LogP contribution in [0, 0.1) is 24.6 Å². The van der Waals surface area contributed by atoms with Gasteiger partial charge in [-0.25, -0.2) is 24.4 Å². The number of carbonyl (C=O) groups excluding carboxylic acids is 1. The van der Waals surface area contributed by atoms with Crippen LogP contribution >= 0.6 is 0 Å². The van der Waals surface area contributed by atoms with Gasteiger partial charge in [0.15, 0.2) is 5.82 Å². The molecule has 1 saturated heterocycles. The number of halogens is 2. The van der Waals surface area contributed by atoms with Crippen molar-refractivity contribution in [2.24, 2.45) is 13.0 Å². The van der Waals surface area contributed by atoms with E-state index in [4.69, 9.17) is 0 Å². The van der Waals surface area contributed by atoms with Gasteiger partial charge < -0.3 is 4.90 Å². The lowest BCUT2D eigenvalue weighted by Gasteiger charge is -2.32. The molecule has 1 N–H and O–H groups in total. The molecule has 9 nitrogen and oxygen atoms in total. The Hall–Kier alpha value is -3.47. The third-order valence-electron chi connectivity index (χ3n) is 5.58. The summed E-state index contributed by atoms with van der Waals surface area (Å²) in [4.78, 5) is 26.6. The molecule has 4 heterocycles. The van der Waals surface area contributed by atoms with Crippen molar-refractivity contribution in [1.29, 1.82) is 0 Å². The van der Waals surface area contributed by atoms with Gasteiger partial charge in [0, 0.05) is 32.3 Å². The lowest BCUT2D eigenvalue weighted by atomic mass is 9.96. The minimum absolute atomic E-state index is 0.0686. The molecule has 1 amide bonds. The zero-order chi connectivity index (χ0) is 22.8. The SMILES string of the molecule is Cc1cnn(C)c1-c1nc(N2CCC(C(=O)N(O)Cc3ccc(F)nc3)CC2)ncc1F. The summed E-state index contributed by atoms with van der Waals surface area (Å²) < 4.78 is 28.9. The number of amides is 1. The summed E-state index contributed by atoms with van der Waals surface area (Å²) in [5, 5.41) is 15.0. The molecule has 0 unspecified atom stereocenters. The molecule has 1 aliphatic heterocycles. The molecule has 1 aliphatic rings. The van der Waals surface area contributed by atoms with Crippen molar-refractivity contribution in [2.75, 3.05) is 18.0 Å². The molecule has 3 aromatic rings. The number of rotatable bonds is 5. The van der Waals surface area contributed by atoms with Crippen LogP contribution in [0.2, 0.25) is 0 Å². The van der Waals surface area contributed by atoms with Crippen LogP contribution in [-0.4, -0.2) is 54.0 Å². The fraction of sp³-hybridized carbons (Fsp3) is 0.381. The smallest absolute Gasteiger partial charge is 0.249 e. The number of hydrogen-bond donors (Lipinski definition) is 1. The van der Waals surface area contributed by atoms with Crippen LogP contribution in [0.4, 0.5) is 14.7 Å². The Morgan fingerprint density at radius 3 is 2.56 bits per heavy atom. The molecule has 0 atom stereocenters. The van der Waals surface area contributed by atoms with Crippen LogP contribution in [0.25, 0.3) is 11.4 Å². The molecule has 3 aromatic heterocycles. The highest BCUT2D eigenvalue weighted by Crippen LogP contribution is 2.27. The second-order valence-electron chi connectivity index (χ2n) is 7.81. The lowest BCUT2D eigenvalue weighted by Crippen LogP contribution is -2.42. The van der Waals surface area contributed by atoms with Crippen molar-refractivity contribution in [3.8, 4) is 11.4 Å². The highest BCUT2D eigenvalue weighted by molar-refractivity contribution is 5.78. The van der Waals surface area contributed by atoms with Gasteiger partial charge in [0.2, 0.25) is 17.8 Å². The Balaban J connectivity index is 1.41. The van der Waals surface area contributed by atoms with Crippen molar-refractivity contribution < 1.29 is 18.8 Å². The topological polar surface area (TPSA) is 100 Å². The van der Waals surface area contributed by atoms with Crippen LogP contribution in [0.15, 0.2) is 30.7 Å². The van der Waals surface area contributed by atoms with Crippen molar-refractivity contribution in [2.45, 2.75) is 26.3 Å². The maximum Gasteiger partial charge on any atom is 0.249 e. The Bertz CT molecular complexity index is 1090. The Morgan fingerprint density at radius 1 is 1.19 bits per heavy atom. The second-order valence-corrected chi connectivity index (χ2v) is 7.81. The van der Waals surface area contributed by atoms with E-state index in [1.807, 2.05) is 11.8 Å². The third-order valence-corrected chi connectivity index (χ3v) is 5.58. The minimum Gasteiger partial charge on any atom is -0.341 e. The Morgan fingerprint density at radius 2 is 1.94 bits per heavy atom. The number of nitrogens with zero attached hydrogens (tertiary/aromatic N) is 7. The van der Waals surface area contributed by atoms with E-state index in [-0.39, 0.29) is 18.2 Å². The van der Waals surface area contributed by atoms with Crippen molar-refractivity contribution in [3.63, 3.8) is 0 Å². The van der Waals surface area contributed by atoms with Gasteiger partial charge in [-0.1, -0.05) is 6.07 Å².